The first-order valence-corrected chi connectivity index (χ1v) is 6.24. The van der Waals surface area contributed by atoms with E-state index < -0.39 is 18.4 Å². The number of carbonyl (C=O) groups excluding carboxylic acids is 1. The van der Waals surface area contributed by atoms with Gasteiger partial charge in [0.05, 0.1) is 13.5 Å². The smallest absolute Gasteiger partial charge is 0.393 e. The summed E-state index contributed by atoms with van der Waals surface area (Å²) >= 11 is 0. The highest BCUT2D eigenvalue weighted by Gasteiger charge is 2.29. The van der Waals surface area contributed by atoms with Crippen LogP contribution in [0.15, 0.2) is 48.5 Å². The normalized spacial score (nSPS) is 11.2. The fraction of sp³-hybridized carbons (Fsp3) is 0.188. The minimum atomic E-state index is -4.35. The molecule has 110 valence electrons. The Bertz CT molecular complexity index is 631. The average Bonchev–Trinajstić information content (AvgIpc) is 2.45. The zero-order valence-corrected chi connectivity index (χ0v) is 11.3. The van der Waals surface area contributed by atoms with Crippen molar-refractivity contribution in [1.29, 1.82) is 0 Å². The van der Waals surface area contributed by atoms with Gasteiger partial charge >= 0.3 is 6.18 Å². The first-order valence-electron chi connectivity index (χ1n) is 6.24. The standard InChI is InChI=1S/C16H13F3O2/c1-21-13-8-6-11(7-9-13)15(20)14-5-3-2-4-12(14)10-16(17,18)19/h2-9H,10H2,1H3. The second kappa shape index (κ2) is 5.99. The molecule has 0 saturated heterocycles. The van der Waals surface area contributed by atoms with Gasteiger partial charge in [0.25, 0.3) is 0 Å². The Morgan fingerprint density at radius 3 is 2.24 bits per heavy atom. The van der Waals surface area contributed by atoms with Crippen molar-refractivity contribution in [2.75, 3.05) is 7.11 Å². The molecule has 2 rings (SSSR count). The zero-order chi connectivity index (χ0) is 15.5. The van der Waals surface area contributed by atoms with Crippen LogP contribution in [0.5, 0.6) is 5.75 Å². The fourth-order valence-electron chi connectivity index (χ4n) is 2.01. The molecule has 0 atom stereocenters. The van der Waals surface area contributed by atoms with E-state index in [4.69, 9.17) is 4.74 Å². The molecule has 0 N–H and O–H groups in total. The van der Waals surface area contributed by atoms with Crippen molar-refractivity contribution in [1.82, 2.24) is 0 Å². The van der Waals surface area contributed by atoms with Gasteiger partial charge in [0.2, 0.25) is 0 Å². The van der Waals surface area contributed by atoms with E-state index in [-0.39, 0.29) is 11.1 Å². The van der Waals surface area contributed by atoms with Gasteiger partial charge < -0.3 is 4.74 Å². The first kappa shape index (κ1) is 15.1. The third-order valence-electron chi connectivity index (χ3n) is 3.01. The number of hydrogen-bond acceptors (Lipinski definition) is 2. The van der Waals surface area contributed by atoms with Crippen molar-refractivity contribution in [2.45, 2.75) is 12.6 Å². The van der Waals surface area contributed by atoms with Gasteiger partial charge in [0, 0.05) is 11.1 Å². The highest BCUT2D eigenvalue weighted by molar-refractivity contribution is 6.10. The second-order valence-corrected chi connectivity index (χ2v) is 4.51. The summed E-state index contributed by atoms with van der Waals surface area (Å²) in [5.41, 5.74) is 0.372. The minimum Gasteiger partial charge on any atom is -0.497 e. The van der Waals surface area contributed by atoms with Crippen LogP contribution in [0.25, 0.3) is 0 Å². The number of alkyl halides is 3. The van der Waals surface area contributed by atoms with Crippen LogP contribution in [0.3, 0.4) is 0 Å². The summed E-state index contributed by atoms with van der Waals surface area (Å²) < 4.78 is 42.7. The fourth-order valence-corrected chi connectivity index (χ4v) is 2.01. The lowest BCUT2D eigenvalue weighted by Crippen LogP contribution is -2.15. The van der Waals surface area contributed by atoms with Gasteiger partial charge in [-0.25, -0.2) is 0 Å². The van der Waals surface area contributed by atoms with Gasteiger partial charge in [-0.15, -0.1) is 0 Å². The molecular weight excluding hydrogens is 281 g/mol. The quantitative estimate of drug-likeness (QED) is 0.796. The predicted octanol–water partition coefficient (Wildman–Crippen LogP) is 4.03. The molecule has 0 aliphatic rings. The summed E-state index contributed by atoms with van der Waals surface area (Å²) in [4.78, 5) is 12.3. The summed E-state index contributed by atoms with van der Waals surface area (Å²) in [5.74, 6) is 0.146. The Morgan fingerprint density at radius 2 is 1.67 bits per heavy atom. The number of methoxy groups -OCH3 is 1. The Kier molecular flexibility index (Phi) is 4.31. The summed E-state index contributed by atoms with van der Waals surface area (Å²) in [7, 11) is 1.50. The molecule has 5 heteroatoms. The Balaban J connectivity index is 2.34. The number of carbonyl (C=O) groups is 1. The molecule has 0 aliphatic carbocycles. The maximum atomic E-state index is 12.6. The van der Waals surface area contributed by atoms with Crippen LogP contribution in [-0.4, -0.2) is 19.1 Å². The van der Waals surface area contributed by atoms with Crippen molar-refractivity contribution >= 4 is 5.78 Å². The molecule has 0 radical (unpaired) electrons. The zero-order valence-electron chi connectivity index (χ0n) is 11.3. The molecular formula is C16H13F3O2. The van der Waals surface area contributed by atoms with Crippen molar-refractivity contribution in [3.63, 3.8) is 0 Å². The molecule has 0 aromatic heterocycles. The summed E-state index contributed by atoms with van der Waals surface area (Å²) in [6.45, 7) is 0. The highest BCUT2D eigenvalue weighted by Crippen LogP contribution is 2.25. The molecule has 0 unspecified atom stereocenters. The Labute approximate surface area is 120 Å². The molecule has 0 saturated carbocycles. The Hall–Kier alpha value is -2.30. The molecule has 2 aromatic rings. The number of ketones is 1. The number of halogens is 3. The lowest BCUT2D eigenvalue weighted by atomic mass is 9.96. The summed E-state index contributed by atoms with van der Waals surface area (Å²) in [6, 6.07) is 12.0. The minimum absolute atomic E-state index is 0.0224. The van der Waals surface area contributed by atoms with Crippen LogP contribution < -0.4 is 4.74 Å². The van der Waals surface area contributed by atoms with Crippen LogP contribution in [-0.2, 0) is 6.42 Å². The third-order valence-corrected chi connectivity index (χ3v) is 3.01. The van der Waals surface area contributed by atoms with Crippen molar-refractivity contribution < 1.29 is 22.7 Å². The van der Waals surface area contributed by atoms with Gasteiger partial charge in [-0.2, -0.15) is 13.2 Å². The number of hydrogen-bond donors (Lipinski definition) is 0. The lowest BCUT2D eigenvalue weighted by molar-refractivity contribution is -0.127. The molecule has 0 bridgehead atoms. The second-order valence-electron chi connectivity index (χ2n) is 4.51. The van der Waals surface area contributed by atoms with E-state index in [1.54, 1.807) is 18.2 Å². The van der Waals surface area contributed by atoms with E-state index in [1.165, 1.54) is 37.4 Å². The molecule has 21 heavy (non-hydrogen) atoms. The number of benzene rings is 2. The van der Waals surface area contributed by atoms with Gasteiger partial charge in [0.1, 0.15) is 5.75 Å². The number of ether oxygens (including phenoxy) is 1. The maximum Gasteiger partial charge on any atom is 0.393 e. The average molecular weight is 294 g/mol. The van der Waals surface area contributed by atoms with Gasteiger partial charge in [-0.1, -0.05) is 24.3 Å². The molecule has 0 spiro atoms. The van der Waals surface area contributed by atoms with E-state index in [0.29, 0.717) is 11.3 Å². The molecule has 0 fully saturated rings. The van der Waals surface area contributed by atoms with Crippen molar-refractivity contribution in [3.8, 4) is 5.75 Å². The molecule has 0 aliphatic heterocycles. The van der Waals surface area contributed by atoms with Gasteiger partial charge in [-0.3, -0.25) is 4.79 Å². The van der Waals surface area contributed by atoms with Crippen LogP contribution in [0, 0.1) is 0 Å². The topological polar surface area (TPSA) is 26.3 Å². The van der Waals surface area contributed by atoms with Crippen LogP contribution in [0.2, 0.25) is 0 Å². The maximum absolute atomic E-state index is 12.6. The van der Waals surface area contributed by atoms with E-state index >= 15 is 0 Å². The van der Waals surface area contributed by atoms with Crippen LogP contribution in [0.4, 0.5) is 13.2 Å². The molecule has 0 amide bonds. The summed E-state index contributed by atoms with van der Waals surface area (Å²) in [5, 5.41) is 0. The SMILES string of the molecule is COc1ccc(C(=O)c2ccccc2CC(F)(F)F)cc1. The highest BCUT2D eigenvalue weighted by atomic mass is 19.4. The van der Waals surface area contributed by atoms with Gasteiger partial charge in [-0.05, 0) is 29.8 Å². The number of rotatable bonds is 4. The van der Waals surface area contributed by atoms with E-state index in [0.717, 1.165) is 0 Å². The van der Waals surface area contributed by atoms with Crippen molar-refractivity contribution in [3.05, 3.63) is 65.2 Å². The summed E-state index contributed by atoms with van der Waals surface area (Å²) in [6.07, 6.45) is -5.47. The van der Waals surface area contributed by atoms with Crippen LogP contribution >= 0.6 is 0 Å². The predicted molar refractivity (Wildman–Crippen MR) is 72.6 cm³/mol. The molecule has 2 nitrogen and oxygen atoms in total. The first-order chi connectivity index (χ1) is 9.90. The molecule has 2 aromatic carbocycles. The molecule has 0 heterocycles. The van der Waals surface area contributed by atoms with E-state index in [9.17, 15) is 18.0 Å². The van der Waals surface area contributed by atoms with Crippen LogP contribution in [0.1, 0.15) is 21.5 Å². The lowest BCUT2D eigenvalue weighted by Gasteiger charge is -2.11. The van der Waals surface area contributed by atoms with Crippen molar-refractivity contribution in [2.24, 2.45) is 0 Å². The largest absolute Gasteiger partial charge is 0.497 e. The van der Waals surface area contributed by atoms with E-state index in [1.807, 2.05) is 0 Å². The Morgan fingerprint density at radius 1 is 1.05 bits per heavy atom. The third kappa shape index (κ3) is 3.84. The van der Waals surface area contributed by atoms with Gasteiger partial charge in [0.15, 0.2) is 5.78 Å². The van der Waals surface area contributed by atoms with E-state index in [2.05, 4.69) is 0 Å². The monoisotopic (exact) mass is 294 g/mol.